The van der Waals surface area contributed by atoms with Crippen LogP contribution in [0.4, 0.5) is 0 Å². The van der Waals surface area contributed by atoms with Gasteiger partial charge in [0.1, 0.15) is 0 Å². The Morgan fingerprint density at radius 1 is 1.25 bits per heavy atom. The molecule has 0 bridgehead atoms. The van der Waals surface area contributed by atoms with E-state index in [0.29, 0.717) is 5.41 Å². The maximum Gasteiger partial charge on any atom is 0.0475 e. The van der Waals surface area contributed by atoms with Crippen LogP contribution in [0.5, 0.6) is 0 Å². The topological polar surface area (TPSA) is 0 Å². The van der Waals surface area contributed by atoms with Gasteiger partial charge >= 0.3 is 0 Å². The van der Waals surface area contributed by atoms with Crippen LogP contribution in [0.25, 0.3) is 0 Å². The molecule has 0 aromatic rings. The van der Waals surface area contributed by atoms with Crippen molar-refractivity contribution in [2.75, 3.05) is 6.16 Å². The Morgan fingerprint density at radius 3 is 2.19 bits per heavy atom. The zero-order valence-corrected chi connectivity index (χ0v) is 13.1. The molecule has 0 nitrogen and oxygen atoms in total. The molecule has 0 aromatic heterocycles. The lowest BCUT2D eigenvalue weighted by Gasteiger charge is -2.15. The Bertz CT molecular complexity index is 327. The fourth-order valence-electron chi connectivity index (χ4n) is 1.96. The number of hydrogen-bond donors (Lipinski definition) is 0. The molecule has 0 aliphatic carbocycles. The molecule has 0 spiro atoms. The minimum atomic E-state index is 0.000386. The molecule has 1 unspecified atom stereocenters. The fraction of sp³-hybridized carbons (Fsp3) is 0.714. The Balaban J connectivity index is 2.86. The van der Waals surface area contributed by atoms with E-state index in [1.807, 2.05) is 0 Å². The summed E-state index contributed by atoms with van der Waals surface area (Å²) in [5.74, 6) is 0. The third kappa shape index (κ3) is 3.11. The molecule has 0 amide bonds. The summed E-state index contributed by atoms with van der Waals surface area (Å²) >= 11 is 6.43. The van der Waals surface area contributed by atoms with Crippen LogP contribution in [0.2, 0.25) is 0 Å². The van der Waals surface area contributed by atoms with Gasteiger partial charge in [0.25, 0.3) is 0 Å². The predicted octanol–water partition coefficient (Wildman–Crippen LogP) is 6.07. The summed E-state index contributed by atoms with van der Waals surface area (Å²) in [5, 5.41) is 4.21. The number of rotatable bonds is 4. The van der Waals surface area contributed by atoms with E-state index in [2.05, 4.69) is 41.5 Å². The van der Waals surface area contributed by atoms with E-state index in [4.69, 9.17) is 11.6 Å². The maximum atomic E-state index is 6.43. The summed E-state index contributed by atoms with van der Waals surface area (Å²) in [6.07, 6.45) is 3.97. The van der Waals surface area contributed by atoms with Crippen molar-refractivity contribution in [3.63, 3.8) is 0 Å². The summed E-state index contributed by atoms with van der Waals surface area (Å²) in [6, 6.07) is 0. The Labute approximate surface area is 107 Å². The molecule has 16 heavy (non-hydrogen) atoms. The van der Waals surface area contributed by atoms with Gasteiger partial charge < -0.3 is 0 Å². The van der Waals surface area contributed by atoms with Crippen molar-refractivity contribution in [1.29, 1.82) is 0 Å². The summed E-state index contributed by atoms with van der Waals surface area (Å²) in [6.45, 7) is 13.4. The highest BCUT2D eigenvalue weighted by molar-refractivity contribution is 7.74. The second kappa shape index (κ2) is 5.23. The highest BCUT2D eigenvalue weighted by Crippen LogP contribution is 2.77. The highest BCUT2D eigenvalue weighted by atomic mass is 35.5. The van der Waals surface area contributed by atoms with Crippen LogP contribution in [0, 0.1) is 5.41 Å². The lowest BCUT2D eigenvalue weighted by Crippen LogP contribution is -2.01. The first kappa shape index (κ1) is 14.3. The number of hydrogen-bond acceptors (Lipinski definition) is 0. The van der Waals surface area contributed by atoms with E-state index in [-0.39, 0.29) is 7.92 Å². The van der Waals surface area contributed by atoms with Gasteiger partial charge in [-0.25, -0.2) is 0 Å². The van der Waals surface area contributed by atoms with Gasteiger partial charge in [0, 0.05) is 10.3 Å². The van der Waals surface area contributed by atoms with Crippen LogP contribution in [0.1, 0.15) is 54.4 Å². The van der Waals surface area contributed by atoms with Crippen LogP contribution >= 0.6 is 19.5 Å². The first-order chi connectivity index (χ1) is 7.30. The van der Waals surface area contributed by atoms with Crippen LogP contribution in [-0.4, -0.2) is 6.16 Å². The molecule has 0 saturated heterocycles. The third-order valence-corrected chi connectivity index (χ3v) is 6.47. The zero-order chi connectivity index (χ0) is 12.5. The van der Waals surface area contributed by atoms with Gasteiger partial charge in [0.05, 0.1) is 0 Å². The Hall–Kier alpha value is 0.200. The minimum absolute atomic E-state index is 0.000386. The molecule has 1 aliphatic heterocycles. The maximum absolute atomic E-state index is 6.43. The number of halogens is 1. The molecule has 1 heterocycles. The van der Waals surface area contributed by atoms with Gasteiger partial charge in [0.15, 0.2) is 0 Å². The van der Waals surface area contributed by atoms with Gasteiger partial charge in [-0.3, -0.25) is 0 Å². The molecule has 1 atom stereocenters. The van der Waals surface area contributed by atoms with E-state index in [0.717, 1.165) is 5.03 Å². The lowest BCUT2D eigenvalue weighted by molar-refractivity contribution is 0.537. The van der Waals surface area contributed by atoms with Gasteiger partial charge in [-0.1, -0.05) is 51.3 Å². The molecule has 0 fully saturated rings. The SMILES string of the molecule is CCCCP1C(C(Cl)=C(C)C)=C1C(C)(C)C. The van der Waals surface area contributed by atoms with E-state index >= 15 is 0 Å². The molecular weight excluding hydrogens is 235 g/mol. The zero-order valence-electron chi connectivity index (χ0n) is 11.4. The van der Waals surface area contributed by atoms with Crippen molar-refractivity contribution in [1.82, 2.24) is 0 Å². The molecule has 0 N–H and O–H groups in total. The van der Waals surface area contributed by atoms with Crippen LogP contribution in [0.3, 0.4) is 0 Å². The van der Waals surface area contributed by atoms with Crippen molar-refractivity contribution in [2.45, 2.75) is 54.4 Å². The van der Waals surface area contributed by atoms with Gasteiger partial charge in [-0.05, 0) is 45.1 Å². The normalized spacial score (nSPS) is 20.1. The smallest absolute Gasteiger partial charge is 0.0475 e. The van der Waals surface area contributed by atoms with Crippen molar-refractivity contribution in [3.8, 4) is 0 Å². The fourth-order valence-corrected chi connectivity index (χ4v) is 5.83. The van der Waals surface area contributed by atoms with Crippen molar-refractivity contribution in [2.24, 2.45) is 5.41 Å². The number of unbranched alkanes of at least 4 members (excludes halogenated alkanes) is 1. The minimum Gasteiger partial charge on any atom is -0.0837 e. The highest BCUT2D eigenvalue weighted by Gasteiger charge is 2.43. The van der Waals surface area contributed by atoms with Crippen molar-refractivity contribution >= 4 is 19.5 Å². The Morgan fingerprint density at radius 2 is 1.81 bits per heavy atom. The molecule has 1 aliphatic rings. The average molecular weight is 259 g/mol. The van der Waals surface area contributed by atoms with E-state index in [1.54, 1.807) is 5.31 Å². The molecule has 92 valence electrons. The van der Waals surface area contributed by atoms with Crippen molar-refractivity contribution in [3.05, 3.63) is 21.2 Å². The standard InChI is InChI=1S/C14H24ClP/c1-7-8-9-16-12(11(15)10(2)3)13(16)14(4,5)6/h7-9H2,1-6H3. The first-order valence-electron chi connectivity index (χ1n) is 6.16. The summed E-state index contributed by atoms with van der Waals surface area (Å²) < 4.78 is 0. The monoisotopic (exact) mass is 258 g/mol. The van der Waals surface area contributed by atoms with Gasteiger partial charge in [0.2, 0.25) is 0 Å². The second-order valence-electron chi connectivity index (χ2n) is 5.77. The lowest BCUT2D eigenvalue weighted by atomic mass is 9.96. The van der Waals surface area contributed by atoms with E-state index in [1.165, 1.54) is 29.9 Å². The van der Waals surface area contributed by atoms with E-state index < -0.39 is 0 Å². The largest absolute Gasteiger partial charge is 0.0837 e. The summed E-state index contributed by atoms with van der Waals surface area (Å²) in [5.41, 5.74) is 1.57. The van der Waals surface area contributed by atoms with Gasteiger partial charge in [-0.2, -0.15) is 0 Å². The summed E-state index contributed by atoms with van der Waals surface area (Å²) in [4.78, 5) is 0. The van der Waals surface area contributed by atoms with Crippen LogP contribution in [-0.2, 0) is 0 Å². The third-order valence-electron chi connectivity index (χ3n) is 2.81. The van der Waals surface area contributed by atoms with Crippen LogP contribution < -0.4 is 0 Å². The molecule has 1 rings (SSSR count). The van der Waals surface area contributed by atoms with E-state index in [9.17, 15) is 0 Å². The quantitative estimate of drug-likeness (QED) is 0.537. The van der Waals surface area contributed by atoms with Gasteiger partial charge in [-0.15, -0.1) is 0 Å². The predicted molar refractivity (Wildman–Crippen MR) is 77.4 cm³/mol. The molecule has 2 heteroatoms. The first-order valence-corrected chi connectivity index (χ1v) is 8.06. The van der Waals surface area contributed by atoms with Crippen LogP contribution in [0.15, 0.2) is 21.2 Å². The molecule has 0 saturated carbocycles. The summed E-state index contributed by atoms with van der Waals surface area (Å²) in [7, 11) is 0.000386. The second-order valence-corrected chi connectivity index (χ2v) is 8.34. The van der Waals surface area contributed by atoms with Crippen molar-refractivity contribution < 1.29 is 0 Å². The number of allylic oxidation sites excluding steroid dienone is 4. The molecular formula is C14H24ClP. The molecule has 0 aromatic carbocycles. The Kier molecular flexibility index (Phi) is 4.66. The molecule has 0 radical (unpaired) electrons. The average Bonchev–Trinajstić information content (AvgIpc) is 2.86.